The monoisotopic (exact) mass is 478 g/mol. The maximum absolute atomic E-state index is 12.9. The summed E-state index contributed by atoms with van der Waals surface area (Å²) >= 11 is 6.16. The molecule has 1 saturated heterocycles. The first-order valence-electron chi connectivity index (χ1n) is 10.8. The Hall–Kier alpha value is -3.84. The lowest BCUT2D eigenvalue weighted by Crippen LogP contribution is -2.35. The quantitative estimate of drug-likeness (QED) is 0.297. The van der Waals surface area contributed by atoms with Gasteiger partial charge < -0.3 is 9.15 Å². The number of hydrazine groups is 1. The van der Waals surface area contributed by atoms with Crippen LogP contribution in [0.1, 0.15) is 40.6 Å². The van der Waals surface area contributed by atoms with Crippen molar-refractivity contribution in [3.63, 3.8) is 0 Å². The minimum absolute atomic E-state index is 0.0425. The van der Waals surface area contributed by atoms with Crippen molar-refractivity contribution in [2.24, 2.45) is 0 Å². The molecule has 0 atom stereocenters. The van der Waals surface area contributed by atoms with Gasteiger partial charge >= 0.3 is 5.97 Å². The highest BCUT2D eigenvalue weighted by molar-refractivity contribution is 6.33. The summed E-state index contributed by atoms with van der Waals surface area (Å²) in [5.74, 6) is -0.736. The Balaban J connectivity index is 1.58. The Labute approximate surface area is 201 Å². The number of rotatable bonds is 6. The van der Waals surface area contributed by atoms with Gasteiger partial charge in [0.25, 0.3) is 11.8 Å². The first kappa shape index (κ1) is 23.3. The largest absolute Gasteiger partial charge is 0.462 e. The third-order valence-corrected chi connectivity index (χ3v) is 5.79. The number of amides is 2. The van der Waals surface area contributed by atoms with Crippen LogP contribution in [0.5, 0.6) is 0 Å². The number of nitrogens with one attached hydrogen (secondary N) is 1. The fourth-order valence-electron chi connectivity index (χ4n) is 3.44. The van der Waals surface area contributed by atoms with Crippen molar-refractivity contribution >= 4 is 41.1 Å². The van der Waals surface area contributed by atoms with E-state index in [1.165, 1.54) is 11.1 Å². The van der Waals surface area contributed by atoms with Gasteiger partial charge in [-0.05, 0) is 79.9 Å². The van der Waals surface area contributed by atoms with Gasteiger partial charge in [0, 0.05) is 5.56 Å². The van der Waals surface area contributed by atoms with Crippen molar-refractivity contribution < 1.29 is 23.5 Å². The molecule has 1 aliphatic heterocycles. The van der Waals surface area contributed by atoms with Crippen molar-refractivity contribution in [3.05, 3.63) is 81.6 Å². The Bertz CT molecular complexity index is 1320. The van der Waals surface area contributed by atoms with Crippen LogP contribution in [0.15, 0.2) is 58.5 Å². The van der Waals surface area contributed by atoms with Gasteiger partial charge in [-0.15, -0.1) is 0 Å². The fraction of sp³-hybridized carbons (Fsp3) is 0.192. The number of halogens is 1. The topological polar surface area (TPSA) is 88.9 Å². The molecule has 1 N–H and O–H groups in total. The van der Waals surface area contributed by atoms with Gasteiger partial charge in [-0.2, -0.15) is 0 Å². The van der Waals surface area contributed by atoms with E-state index in [0.29, 0.717) is 35.8 Å². The van der Waals surface area contributed by atoms with Gasteiger partial charge in [0.1, 0.15) is 17.1 Å². The number of carbonyl (C=O) groups excluding carboxylic acids is 3. The first-order valence-corrected chi connectivity index (χ1v) is 11.2. The van der Waals surface area contributed by atoms with Gasteiger partial charge in [-0.1, -0.05) is 24.6 Å². The van der Waals surface area contributed by atoms with E-state index in [2.05, 4.69) is 5.43 Å². The van der Waals surface area contributed by atoms with Crippen LogP contribution in [-0.4, -0.2) is 24.4 Å². The highest BCUT2D eigenvalue weighted by atomic mass is 35.5. The molecule has 7 nitrogen and oxygen atoms in total. The molecule has 2 aromatic carbocycles. The average Bonchev–Trinajstić information content (AvgIpc) is 3.40. The number of hydrogen-bond acceptors (Lipinski definition) is 5. The molecule has 3 aromatic rings. The second-order valence-corrected chi connectivity index (χ2v) is 8.35. The van der Waals surface area contributed by atoms with E-state index >= 15 is 0 Å². The molecule has 0 spiro atoms. The smallest absolute Gasteiger partial charge is 0.339 e. The minimum Gasteiger partial charge on any atom is -0.462 e. The van der Waals surface area contributed by atoms with Gasteiger partial charge in [0.2, 0.25) is 0 Å². The summed E-state index contributed by atoms with van der Waals surface area (Å²) in [6, 6.07) is 13.7. The molecule has 8 heteroatoms. The summed E-state index contributed by atoms with van der Waals surface area (Å²) in [5.41, 5.74) is 6.06. The van der Waals surface area contributed by atoms with E-state index in [1.54, 1.807) is 36.4 Å². The van der Waals surface area contributed by atoms with Gasteiger partial charge in [-0.3, -0.25) is 15.0 Å². The van der Waals surface area contributed by atoms with Gasteiger partial charge in [-0.25, -0.2) is 9.80 Å². The normalized spacial score (nSPS) is 14.6. The molecule has 2 amide bonds. The average molecular weight is 479 g/mol. The summed E-state index contributed by atoms with van der Waals surface area (Å²) in [5, 5.41) is 1.50. The van der Waals surface area contributed by atoms with Gasteiger partial charge in [0.15, 0.2) is 0 Å². The lowest BCUT2D eigenvalue weighted by molar-refractivity contribution is -0.117. The summed E-state index contributed by atoms with van der Waals surface area (Å²) in [7, 11) is 0. The van der Waals surface area contributed by atoms with E-state index in [9.17, 15) is 14.4 Å². The summed E-state index contributed by atoms with van der Waals surface area (Å²) in [6.45, 7) is 6.11. The number of esters is 1. The molecular weight excluding hydrogens is 456 g/mol. The number of carbonyl (C=O) groups is 3. The molecule has 0 unspecified atom stereocenters. The van der Waals surface area contributed by atoms with E-state index in [1.807, 2.05) is 32.9 Å². The predicted molar refractivity (Wildman–Crippen MR) is 129 cm³/mol. The Kier molecular flexibility index (Phi) is 6.56. The van der Waals surface area contributed by atoms with Crippen molar-refractivity contribution in [1.29, 1.82) is 0 Å². The van der Waals surface area contributed by atoms with Gasteiger partial charge in [0.05, 0.1) is 22.9 Å². The summed E-state index contributed by atoms with van der Waals surface area (Å²) in [6.07, 6.45) is 2.10. The van der Waals surface area contributed by atoms with Crippen molar-refractivity contribution in [1.82, 2.24) is 5.43 Å². The van der Waals surface area contributed by atoms with Crippen molar-refractivity contribution in [2.75, 3.05) is 11.6 Å². The molecule has 1 aromatic heterocycles. The molecule has 1 aliphatic rings. The number of ether oxygens (including phenoxy) is 1. The summed E-state index contributed by atoms with van der Waals surface area (Å²) in [4.78, 5) is 37.7. The Morgan fingerprint density at radius 2 is 1.88 bits per heavy atom. The van der Waals surface area contributed by atoms with Crippen LogP contribution >= 0.6 is 11.6 Å². The van der Waals surface area contributed by atoms with E-state index in [0.717, 1.165) is 11.1 Å². The highest BCUT2D eigenvalue weighted by Gasteiger charge is 2.35. The van der Waals surface area contributed by atoms with E-state index in [-0.39, 0.29) is 16.2 Å². The maximum Gasteiger partial charge on any atom is 0.339 e. The lowest BCUT2D eigenvalue weighted by Gasteiger charge is -2.15. The molecular formula is C26H23ClN2O5. The summed E-state index contributed by atoms with van der Waals surface area (Å²) < 4.78 is 11.0. The lowest BCUT2D eigenvalue weighted by atomic mass is 10.1. The molecule has 0 saturated carbocycles. The van der Waals surface area contributed by atoms with Crippen molar-refractivity contribution in [3.8, 4) is 11.3 Å². The number of furan rings is 1. The zero-order valence-corrected chi connectivity index (χ0v) is 19.7. The van der Waals surface area contributed by atoms with E-state index < -0.39 is 17.8 Å². The van der Waals surface area contributed by atoms with Crippen LogP contribution in [0, 0.1) is 13.8 Å². The molecule has 2 heterocycles. The van der Waals surface area contributed by atoms with E-state index in [4.69, 9.17) is 20.8 Å². The third kappa shape index (κ3) is 4.61. The molecule has 0 radical (unpaired) electrons. The molecule has 0 bridgehead atoms. The first-order chi connectivity index (χ1) is 16.3. The number of aryl methyl sites for hydroxylation is 2. The molecule has 174 valence electrons. The van der Waals surface area contributed by atoms with Crippen LogP contribution in [0.25, 0.3) is 17.4 Å². The van der Waals surface area contributed by atoms with Crippen LogP contribution in [0.2, 0.25) is 5.02 Å². The second kappa shape index (κ2) is 9.57. The predicted octanol–water partition coefficient (Wildman–Crippen LogP) is 5.25. The molecule has 1 fully saturated rings. The number of anilines is 1. The number of hydrogen-bond donors (Lipinski definition) is 1. The Morgan fingerprint density at radius 3 is 2.62 bits per heavy atom. The van der Waals surface area contributed by atoms with Crippen LogP contribution in [0.4, 0.5) is 5.69 Å². The SMILES string of the molecule is CCCOC(=O)c1cc(-c2ccc(/C=C3/C(=O)NN(c4ccc(C)c(C)c4)C3=O)o2)ccc1Cl. The van der Waals surface area contributed by atoms with Crippen LogP contribution in [0.3, 0.4) is 0 Å². The Morgan fingerprint density at radius 1 is 1.09 bits per heavy atom. The highest BCUT2D eigenvalue weighted by Crippen LogP contribution is 2.29. The third-order valence-electron chi connectivity index (χ3n) is 5.46. The zero-order chi connectivity index (χ0) is 24.4. The second-order valence-electron chi connectivity index (χ2n) is 7.94. The standard InChI is InChI=1S/C26H23ClN2O5/c1-4-11-33-26(32)20-13-17(6-9-22(20)27)23-10-8-19(34-23)14-21-24(30)28-29(25(21)31)18-7-5-15(2)16(3)12-18/h5-10,12-14H,4,11H2,1-3H3,(H,28,30)/b21-14-. The van der Waals surface area contributed by atoms with Crippen LogP contribution < -0.4 is 10.4 Å². The number of benzene rings is 2. The zero-order valence-electron chi connectivity index (χ0n) is 19.0. The van der Waals surface area contributed by atoms with Crippen molar-refractivity contribution in [2.45, 2.75) is 27.2 Å². The van der Waals surface area contributed by atoms with Crippen LogP contribution in [-0.2, 0) is 14.3 Å². The molecule has 4 rings (SSSR count). The molecule has 34 heavy (non-hydrogen) atoms. The molecule has 0 aliphatic carbocycles. The number of nitrogens with zero attached hydrogens (tertiary/aromatic N) is 1. The minimum atomic E-state index is -0.520. The maximum atomic E-state index is 12.9. The fourth-order valence-corrected chi connectivity index (χ4v) is 3.63.